The van der Waals surface area contributed by atoms with Crippen molar-refractivity contribution >= 4 is 29.1 Å². The van der Waals surface area contributed by atoms with Gasteiger partial charge in [0.05, 0.1) is 0 Å². The van der Waals surface area contributed by atoms with E-state index < -0.39 is 0 Å². The van der Waals surface area contributed by atoms with E-state index in [0.29, 0.717) is 17.1 Å². The third-order valence-corrected chi connectivity index (χ3v) is 5.08. The van der Waals surface area contributed by atoms with E-state index in [1.54, 1.807) is 0 Å². The van der Waals surface area contributed by atoms with Crippen LogP contribution in [0, 0.1) is 12.8 Å². The average Bonchev–Trinajstić information content (AvgIpc) is 3.00. The maximum absolute atomic E-state index is 5.42. The number of aromatic nitrogens is 2. The van der Waals surface area contributed by atoms with Crippen LogP contribution >= 0.6 is 12.2 Å². The Balaban J connectivity index is 1.63. The lowest BCUT2D eigenvalue weighted by Gasteiger charge is -2.31. The molecule has 0 atom stereocenters. The van der Waals surface area contributed by atoms with Gasteiger partial charge in [-0.05, 0) is 50.7 Å². The number of anilines is 2. The van der Waals surface area contributed by atoms with Crippen molar-refractivity contribution in [2.45, 2.75) is 58.4 Å². The molecule has 1 aliphatic heterocycles. The number of nitrogens with zero attached hydrogens (tertiary/aromatic N) is 3. The molecule has 0 spiro atoms. The number of rotatable bonds is 3. The van der Waals surface area contributed by atoms with Gasteiger partial charge < -0.3 is 15.5 Å². The van der Waals surface area contributed by atoms with Crippen LogP contribution in [-0.2, 0) is 0 Å². The first kappa shape index (κ1) is 16.4. The van der Waals surface area contributed by atoms with Crippen molar-refractivity contribution in [2.24, 2.45) is 5.92 Å². The van der Waals surface area contributed by atoms with Gasteiger partial charge in [-0.3, -0.25) is 0 Å². The summed E-state index contributed by atoms with van der Waals surface area (Å²) in [5.74, 6) is 2.43. The second kappa shape index (κ2) is 7.43. The minimum Gasteiger partial charge on any atom is -0.360 e. The van der Waals surface area contributed by atoms with Gasteiger partial charge in [-0.25, -0.2) is 4.98 Å². The van der Waals surface area contributed by atoms with Gasteiger partial charge in [0.1, 0.15) is 5.82 Å². The van der Waals surface area contributed by atoms with E-state index in [1.165, 1.54) is 38.5 Å². The van der Waals surface area contributed by atoms with Gasteiger partial charge in [0.2, 0.25) is 5.95 Å². The van der Waals surface area contributed by atoms with Crippen molar-refractivity contribution < 1.29 is 0 Å². The molecule has 2 fully saturated rings. The quantitative estimate of drug-likeness (QED) is 0.828. The molecular formula is C17H27N5S. The summed E-state index contributed by atoms with van der Waals surface area (Å²) in [4.78, 5) is 11.5. The summed E-state index contributed by atoms with van der Waals surface area (Å²) in [6, 6.07) is 2.57. The van der Waals surface area contributed by atoms with Crippen LogP contribution in [0.3, 0.4) is 0 Å². The molecule has 23 heavy (non-hydrogen) atoms. The van der Waals surface area contributed by atoms with Crippen LogP contribution in [0.2, 0.25) is 0 Å². The molecule has 5 nitrogen and oxygen atoms in total. The van der Waals surface area contributed by atoms with Crippen LogP contribution in [0.25, 0.3) is 0 Å². The summed E-state index contributed by atoms with van der Waals surface area (Å²) in [5.41, 5.74) is 0.972. The molecule has 0 unspecified atom stereocenters. The number of nitrogens with one attached hydrogen (secondary N) is 2. The molecule has 126 valence electrons. The van der Waals surface area contributed by atoms with Crippen molar-refractivity contribution in [2.75, 3.05) is 23.3 Å². The van der Waals surface area contributed by atoms with E-state index in [2.05, 4.69) is 38.5 Å². The normalized spacial score (nSPS) is 19.8. The van der Waals surface area contributed by atoms with E-state index in [1.807, 2.05) is 6.92 Å². The Morgan fingerprint density at radius 2 is 1.87 bits per heavy atom. The molecule has 2 heterocycles. The van der Waals surface area contributed by atoms with Crippen LogP contribution in [0.5, 0.6) is 0 Å². The predicted octanol–water partition coefficient (Wildman–Crippen LogP) is 3.25. The lowest BCUT2D eigenvalue weighted by Crippen LogP contribution is -2.37. The number of aryl methyl sites for hydroxylation is 1. The van der Waals surface area contributed by atoms with Gasteiger partial charge in [-0.15, -0.1) is 0 Å². The first-order valence-corrected chi connectivity index (χ1v) is 9.19. The molecule has 1 saturated heterocycles. The fourth-order valence-corrected chi connectivity index (χ4v) is 3.66. The van der Waals surface area contributed by atoms with E-state index in [4.69, 9.17) is 12.2 Å². The maximum atomic E-state index is 5.42. The van der Waals surface area contributed by atoms with E-state index in [-0.39, 0.29) is 0 Å². The smallest absolute Gasteiger partial charge is 0.231 e. The third-order valence-electron chi connectivity index (χ3n) is 4.86. The van der Waals surface area contributed by atoms with Crippen molar-refractivity contribution in [3.05, 3.63) is 11.8 Å². The third kappa shape index (κ3) is 4.53. The van der Waals surface area contributed by atoms with Crippen molar-refractivity contribution in [1.29, 1.82) is 0 Å². The molecule has 0 amide bonds. The molecule has 0 radical (unpaired) electrons. The zero-order valence-corrected chi connectivity index (χ0v) is 15.0. The lowest BCUT2D eigenvalue weighted by atomic mass is 9.99. The topological polar surface area (TPSA) is 53.1 Å². The fourth-order valence-electron chi connectivity index (χ4n) is 3.40. The molecule has 2 N–H and O–H groups in total. The SMILES string of the molecule is Cc1cc(N2CCC(C)CC2)nc(NC(=S)NC2CCCC2)n1. The summed E-state index contributed by atoms with van der Waals surface area (Å²) in [6.07, 6.45) is 7.44. The van der Waals surface area contributed by atoms with Crippen LogP contribution < -0.4 is 15.5 Å². The Morgan fingerprint density at radius 1 is 1.17 bits per heavy atom. The summed E-state index contributed by atoms with van der Waals surface area (Å²) in [6.45, 7) is 6.47. The maximum Gasteiger partial charge on any atom is 0.231 e. The van der Waals surface area contributed by atoms with Gasteiger partial charge in [0.25, 0.3) is 0 Å². The minimum absolute atomic E-state index is 0.503. The number of hydrogen-bond donors (Lipinski definition) is 2. The molecule has 1 aliphatic carbocycles. The van der Waals surface area contributed by atoms with E-state index in [0.717, 1.165) is 30.5 Å². The second-order valence-electron chi connectivity index (χ2n) is 6.94. The highest BCUT2D eigenvalue weighted by molar-refractivity contribution is 7.80. The number of hydrogen-bond acceptors (Lipinski definition) is 4. The number of thiocarbonyl (C=S) groups is 1. The predicted molar refractivity (Wildman–Crippen MR) is 99.0 cm³/mol. The Bertz CT molecular complexity index is 548. The van der Waals surface area contributed by atoms with Crippen molar-refractivity contribution in [3.63, 3.8) is 0 Å². The largest absolute Gasteiger partial charge is 0.360 e. The first-order valence-electron chi connectivity index (χ1n) is 8.78. The molecule has 1 aromatic rings. The van der Waals surface area contributed by atoms with Gasteiger partial charge in [-0.2, -0.15) is 4.98 Å². The van der Waals surface area contributed by atoms with Crippen LogP contribution in [0.1, 0.15) is 51.1 Å². The van der Waals surface area contributed by atoms with Gasteiger partial charge in [0, 0.05) is 30.9 Å². The lowest BCUT2D eigenvalue weighted by molar-refractivity contribution is 0.436. The van der Waals surface area contributed by atoms with Crippen LogP contribution in [0.15, 0.2) is 6.07 Å². The molecule has 2 aliphatic rings. The first-order chi connectivity index (χ1) is 11.1. The van der Waals surface area contributed by atoms with Crippen molar-refractivity contribution in [1.82, 2.24) is 15.3 Å². The molecule has 1 aromatic heterocycles. The van der Waals surface area contributed by atoms with Crippen molar-refractivity contribution in [3.8, 4) is 0 Å². The molecule has 3 rings (SSSR count). The highest BCUT2D eigenvalue weighted by Crippen LogP contribution is 2.23. The molecule has 6 heteroatoms. The summed E-state index contributed by atoms with van der Waals surface area (Å²) >= 11 is 5.42. The summed E-state index contributed by atoms with van der Waals surface area (Å²) < 4.78 is 0. The van der Waals surface area contributed by atoms with Gasteiger partial charge in [-0.1, -0.05) is 19.8 Å². The summed E-state index contributed by atoms with van der Waals surface area (Å²) in [7, 11) is 0. The molecule has 0 aromatic carbocycles. The van der Waals surface area contributed by atoms with E-state index in [9.17, 15) is 0 Å². The number of piperidine rings is 1. The zero-order chi connectivity index (χ0) is 16.2. The Kier molecular flexibility index (Phi) is 5.30. The Morgan fingerprint density at radius 3 is 2.57 bits per heavy atom. The molecular weight excluding hydrogens is 306 g/mol. The molecule has 0 bridgehead atoms. The molecule has 1 saturated carbocycles. The van der Waals surface area contributed by atoms with Gasteiger partial charge >= 0.3 is 0 Å². The Hall–Kier alpha value is -1.43. The zero-order valence-electron chi connectivity index (χ0n) is 14.1. The highest BCUT2D eigenvalue weighted by Gasteiger charge is 2.19. The minimum atomic E-state index is 0.503. The van der Waals surface area contributed by atoms with Crippen LogP contribution in [0.4, 0.5) is 11.8 Å². The van der Waals surface area contributed by atoms with Crippen LogP contribution in [-0.4, -0.2) is 34.2 Å². The fraction of sp³-hybridized carbons (Fsp3) is 0.706. The van der Waals surface area contributed by atoms with E-state index >= 15 is 0 Å². The highest BCUT2D eigenvalue weighted by atomic mass is 32.1. The average molecular weight is 334 g/mol. The second-order valence-corrected chi connectivity index (χ2v) is 7.35. The monoisotopic (exact) mass is 333 g/mol. The summed E-state index contributed by atoms with van der Waals surface area (Å²) in [5, 5.41) is 7.19. The standard InChI is InChI=1S/C17H27N5S/c1-12-7-9-22(10-8-12)15-11-13(2)18-16(20-15)21-17(23)19-14-5-3-4-6-14/h11-12,14H,3-10H2,1-2H3,(H2,18,19,20,21,23). The Labute approximate surface area is 144 Å². The van der Waals surface area contributed by atoms with Gasteiger partial charge in [0.15, 0.2) is 5.11 Å².